The Morgan fingerprint density at radius 3 is 2.28 bits per heavy atom. The molecule has 3 aromatic heterocycles. The van der Waals surface area contributed by atoms with Crippen molar-refractivity contribution in [1.29, 1.82) is 0 Å². The molecule has 2 aromatic carbocycles. The second-order valence-corrected chi connectivity index (χ2v) is 12.7. The van der Waals surface area contributed by atoms with Gasteiger partial charge in [0, 0.05) is 23.1 Å². The number of thiophene rings is 2. The van der Waals surface area contributed by atoms with Crippen LogP contribution in [0.25, 0.3) is 31.1 Å². The highest BCUT2D eigenvalue weighted by molar-refractivity contribution is 7.68. The SMILES string of the molecule is COP(=O)(Nc1cc(-c2ccc(-c3cc4ncccc4s3)cc2)sc1C(=O)O)c1ccc(C)cc1C. The van der Waals surface area contributed by atoms with Gasteiger partial charge in [-0.25, -0.2) is 4.79 Å². The van der Waals surface area contributed by atoms with Crippen LogP contribution in [0.4, 0.5) is 5.69 Å². The molecular formula is C27H23N2O4PS2. The molecule has 9 heteroatoms. The monoisotopic (exact) mass is 534 g/mol. The number of fused-ring (bicyclic) bond motifs is 1. The second kappa shape index (κ2) is 9.64. The fraction of sp³-hybridized carbons (Fsp3) is 0.111. The van der Waals surface area contributed by atoms with Crippen molar-refractivity contribution in [3.63, 3.8) is 0 Å². The zero-order chi connectivity index (χ0) is 25.4. The van der Waals surface area contributed by atoms with Gasteiger partial charge >= 0.3 is 13.5 Å². The van der Waals surface area contributed by atoms with E-state index in [1.807, 2.05) is 56.3 Å². The number of aryl methyl sites for hydroxylation is 2. The minimum Gasteiger partial charge on any atom is -0.477 e. The molecule has 0 fully saturated rings. The molecule has 36 heavy (non-hydrogen) atoms. The van der Waals surface area contributed by atoms with Crippen molar-refractivity contribution >= 4 is 57.4 Å². The summed E-state index contributed by atoms with van der Waals surface area (Å²) < 4.78 is 20.3. The maximum atomic E-state index is 13.8. The van der Waals surface area contributed by atoms with Gasteiger partial charge in [0.25, 0.3) is 0 Å². The molecule has 5 aromatic rings. The van der Waals surface area contributed by atoms with Crippen LogP contribution in [0, 0.1) is 13.8 Å². The van der Waals surface area contributed by atoms with Gasteiger partial charge in [0.05, 0.1) is 21.2 Å². The molecule has 3 heterocycles. The molecule has 5 rings (SSSR count). The third-order valence-electron chi connectivity index (χ3n) is 5.86. The third-order valence-corrected chi connectivity index (χ3v) is 10.4. The quantitative estimate of drug-likeness (QED) is 0.209. The highest BCUT2D eigenvalue weighted by Gasteiger charge is 2.30. The number of hydrogen-bond donors (Lipinski definition) is 2. The van der Waals surface area contributed by atoms with Crippen molar-refractivity contribution in [3.05, 3.63) is 88.9 Å². The fourth-order valence-electron chi connectivity index (χ4n) is 4.08. The Bertz CT molecular complexity index is 1610. The maximum Gasteiger partial charge on any atom is 0.348 e. The van der Waals surface area contributed by atoms with Crippen LogP contribution in [-0.2, 0) is 9.09 Å². The average Bonchev–Trinajstić information content (AvgIpc) is 3.48. The van der Waals surface area contributed by atoms with Crippen molar-refractivity contribution in [1.82, 2.24) is 4.98 Å². The molecule has 0 spiro atoms. The van der Waals surface area contributed by atoms with Crippen LogP contribution in [0.1, 0.15) is 20.8 Å². The summed E-state index contributed by atoms with van der Waals surface area (Å²) >= 11 is 2.81. The van der Waals surface area contributed by atoms with Gasteiger partial charge in [-0.2, -0.15) is 0 Å². The highest BCUT2D eigenvalue weighted by atomic mass is 32.1. The number of aromatic carboxylic acids is 1. The van der Waals surface area contributed by atoms with Crippen LogP contribution in [0.5, 0.6) is 0 Å². The Morgan fingerprint density at radius 2 is 1.67 bits per heavy atom. The minimum absolute atomic E-state index is 0.0756. The smallest absolute Gasteiger partial charge is 0.348 e. The van der Waals surface area contributed by atoms with Gasteiger partial charge in [-0.05, 0) is 60.9 Å². The Hall–Kier alpha value is -3.29. The number of carboxylic acid groups (broad SMARTS) is 1. The molecule has 0 aliphatic carbocycles. The summed E-state index contributed by atoms with van der Waals surface area (Å²) in [7, 11) is -2.19. The number of benzene rings is 2. The normalized spacial score (nSPS) is 13.0. The molecule has 1 atom stereocenters. The van der Waals surface area contributed by atoms with Crippen molar-refractivity contribution in [2.45, 2.75) is 13.8 Å². The summed E-state index contributed by atoms with van der Waals surface area (Å²) in [6.45, 7) is 3.82. The van der Waals surface area contributed by atoms with Crippen molar-refractivity contribution < 1.29 is 19.0 Å². The summed E-state index contributed by atoms with van der Waals surface area (Å²) in [6, 6.07) is 21.3. The molecule has 6 nitrogen and oxygen atoms in total. The number of anilines is 1. The topological polar surface area (TPSA) is 88.5 Å². The molecule has 2 N–H and O–H groups in total. The predicted octanol–water partition coefficient (Wildman–Crippen LogP) is 7.58. The van der Waals surface area contributed by atoms with Crippen LogP contribution in [0.15, 0.2) is 72.9 Å². The van der Waals surface area contributed by atoms with Crippen molar-refractivity contribution in [2.24, 2.45) is 0 Å². The lowest BCUT2D eigenvalue weighted by Crippen LogP contribution is -2.17. The number of hydrogen-bond acceptors (Lipinski definition) is 6. The second-order valence-electron chi connectivity index (χ2n) is 8.37. The van der Waals surface area contributed by atoms with E-state index in [0.29, 0.717) is 5.30 Å². The first kappa shape index (κ1) is 24.4. The summed E-state index contributed by atoms with van der Waals surface area (Å²) in [5.74, 6) is -1.09. The van der Waals surface area contributed by atoms with E-state index in [4.69, 9.17) is 4.52 Å². The Labute approximate surface area is 216 Å². The molecule has 182 valence electrons. The largest absolute Gasteiger partial charge is 0.477 e. The number of nitrogens with one attached hydrogen (secondary N) is 1. The first-order valence-electron chi connectivity index (χ1n) is 11.1. The lowest BCUT2D eigenvalue weighted by Gasteiger charge is -2.20. The van der Waals surface area contributed by atoms with E-state index < -0.39 is 13.5 Å². The van der Waals surface area contributed by atoms with E-state index in [1.54, 1.807) is 29.7 Å². The number of carbonyl (C=O) groups is 1. The van der Waals surface area contributed by atoms with E-state index in [0.717, 1.165) is 53.6 Å². The van der Waals surface area contributed by atoms with Gasteiger partial charge in [0.2, 0.25) is 0 Å². The van der Waals surface area contributed by atoms with E-state index in [1.165, 1.54) is 7.11 Å². The molecule has 0 saturated carbocycles. The molecule has 0 amide bonds. The Kier molecular flexibility index (Phi) is 6.53. The summed E-state index contributed by atoms with van der Waals surface area (Å²) in [4.78, 5) is 18.4. The maximum absolute atomic E-state index is 13.8. The summed E-state index contributed by atoms with van der Waals surface area (Å²) in [5.41, 5.74) is 5.02. The number of pyridine rings is 1. The first-order valence-corrected chi connectivity index (χ1v) is 14.4. The Balaban J connectivity index is 1.48. The van der Waals surface area contributed by atoms with E-state index in [2.05, 4.69) is 22.2 Å². The number of carboxylic acids is 1. The lowest BCUT2D eigenvalue weighted by atomic mass is 10.1. The molecule has 1 unspecified atom stereocenters. The highest BCUT2D eigenvalue weighted by Crippen LogP contribution is 2.49. The molecule has 0 aliphatic rings. The van der Waals surface area contributed by atoms with Crippen LogP contribution in [-0.4, -0.2) is 23.2 Å². The van der Waals surface area contributed by atoms with Gasteiger partial charge in [0.1, 0.15) is 4.88 Å². The molecular weight excluding hydrogens is 511 g/mol. The van der Waals surface area contributed by atoms with Crippen LogP contribution < -0.4 is 10.4 Å². The van der Waals surface area contributed by atoms with Gasteiger partial charge in [0.15, 0.2) is 0 Å². The van der Waals surface area contributed by atoms with Gasteiger partial charge in [-0.1, -0.05) is 42.0 Å². The van der Waals surface area contributed by atoms with E-state index >= 15 is 0 Å². The molecule has 0 bridgehead atoms. The third kappa shape index (κ3) is 4.61. The average molecular weight is 535 g/mol. The fourth-order valence-corrected chi connectivity index (χ4v) is 7.84. The summed E-state index contributed by atoms with van der Waals surface area (Å²) in [5, 5.41) is 13.3. The predicted molar refractivity (Wildman–Crippen MR) is 149 cm³/mol. The molecule has 0 saturated heterocycles. The van der Waals surface area contributed by atoms with Crippen LogP contribution in [0.3, 0.4) is 0 Å². The van der Waals surface area contributed by atoms with Crippen LogP contribution >= 0.6 is 30.2 Å². The van der Waals surface area contributed by atoms with Gasteiger partial charge < -0.3 is 14.7 Å². The number of rotatable bonds is 7. The van der Waals surface area contributed by atoms with Gasteiger partial charge in [-0.15, -0.1) is 22.7 Å². The first-order chi connectivity index (χ1) is 17.3. The van der Waals surface area contributed by atoms with Crippen molar-refractivity contribution in [3.8, 4) is 20.9 Å². The van der Waals surface area contributed by atoms with Crippen molar-refractivity contribution in [2.75, 3.05) is 12.2 Å². The molecule has 0 radical (unpaired) electrons. The Morgan fingerprint density at radius 1 is 0.972 bits per heavy atom. The minimum atomic E-state index is -3.55. The molecule has 0 aliphatic heterocycles. The van der Waals surface area contributed by atoms with E-state index in [9.17, 15) is 14.5 Å². The summed E-state index contributed by atoms with van der Waals surface area (Å²) in [6.07, 6.45) is 1.78. The number of nitrogens with zero attached hydrogens (tertiary/aromatic N) is 1. The zero-order valence-corrected chi connectivity index (χ0v) is 22.3. The number of aromatic nitrogens is 1. The zero-order valence-electron chi connectivity index (χ0n) is 19.8. The lowest BCUT2D eigenvalue weighted by molar-refractivity contribution is 0.0703. The standard InChI is InChI=1S/C27H23N2O4PS2/c1-16-6-11-22(17(2)13-16)34(32,33-3)29-21-15-25(36-26(21)27(30)31)19-9-7-18(8-10-19)24-14-20-23(35-24)5-4-12-28-20/h4-15H,1-3H3,(H,29,32)(H,30,31). The van der Waals surface area contributed by atoms with Gasteiger partial charge in [-0.3, -0.25) is 9.55 Å². The van der Waals surface area contributed by atoms with E-state index in [-0.39, 0.29) is 10.6 Å². The van der Waals surface area contributed by atoms with Crippen LogP contribution in [0.2, 0.25) is 0 Å².